The molecule has 6 nitrogen and oxygen atoms in total. The highest BCUT2D eigenvalue weighted by molar-refractivity contribution is 7.09. The standard InChI is InChI=1S/C20H26FN5OS/c1-2-24-10-12-25(13-11-24)19(27)17-4-3-9-26(17)20-22-18(23-28-20)14-15-5-7-16(21)8-6-15/h5-8,17H,2-4,9-14H2,1H3/t17-/m0/s1. The van der Waals surface area contributed by atoms with Gasteiger partial charge in [-0.2, -0.15) is 4.37 Å². The lowest BCUT2D eigenvalue weighted by atomic mass is 10.1. The van der Waals surface area contributed by atoms with Crippen molar-refractivity contribution >= 4 is 22.6 Å². The molecule has 150 valence electrons. The first-order valence-electron chi connectivity index (χ1n) is 9.99. The summed E-state index contributed by atoms with van der Waals surface area (Å²) in [5, 5.41) is 0.820. The van der Waals surface area contributed by atoms with E-state index in [9.17, 15) is 9.18 Å². The van der Waals surface area contributed by atoms with Crippen LogP contribution in [0.3, 0.4) is 0 Å². The molecule has 1 amide bonds. The summed E-state index contributed by atoms with van der Waals surface area (Å²) < 4.78 is 17.5. The Balaban J connectivity index is 1.41. The van der Waals surface area contributed by atoms with E-state index in [1.165, 1.54) is 23.7 Å². The van der Waals surface area contributed by atoms with Gasteiger partial charge in [-0.15, -0.1) is 0 Å². The van der Waals surface area contributed by atoms with E-state index in [1.54, 1.807) is 12.1 Å². The molecular formula is C20H26FN5OS. The van der Waals surface area contributed by atoms with Crippen LogP contribution in [0.4, 0.5) is 9.52 Å². The van der Waals surface area contributed by atoms with Crippen LogP contribution in [0.2, 0.25) is 0 Å². The number of likely N-dealkylation sites (N-methyl/N-ethyl adjacent to an activating group) is 1. The Morgan fingerprint density at radius 3 is 2.64 bits per heavy atom. The largest absolute Gasteiger partial charge is 0.338 e. The number of halogens is 1. The van der Waals surface area contributed by atoms with Crippen molar-refractivity contribution in [3.8, 4) is 0 Å². The van der Waals surface area contributed by atoms with E-state index in [1.807, 2.05) is 4.90 Å². The Kier molecular flexibility index (Phi) is 5.87. The van der Waals surface area contributed by atoms with E-state index in [2.05, 4.69) is 26.1 Å². The fraction of sp³-hybridized carbons (Fsp3) is 0.550. The van der Waals surface area contributed by atoms with E-state index in [-0.39, 0.29) is 17.8 Å². The number of benzene rings is 1. The predicted octanol–water partition coefficient (Wildman–Crippen LogP) is 2.40. The molecule has 28 heavy (non-hydrogen) atoms. The molecule has 2 aromatic rings. The number of piperazine rings is 1. The first kappa shape index (κ1) is 19.3. The van der Waals surface area contributed by atoms with Crippen LogP contribution in [0, 0.1) is 5.82 Å². The zero-order chi connectivity index (χ0) is 19.5. The first-order valence-corrected chi connectivity index (χ1v) is 10.8. The van der Waals surface area contributed by atoms with Gasteiger partial charge in [0.2, 0.25) is 11.0 Å². The molecule has 3 heterocycles. The summed E-state index contributed by atoms with van der Waals surface area (Å²) in [4.78, 5) is 24.3. The Morgan fingerprint density at radius 1 is 1.18 bits per heavy atom. The predicted molar refractivity (Wildman–Crippen MR) is 108 cm³/mol. The number of rotatable bonds is 5. The minimum absolute atomic E-state index is 0.125. The van der Waals surface area contributed by atoms with Crippen molar-refractivity contribution in [3.63, 3.8) is 0 Å². The number of hydrogen-bond donors (Lipinski definition) is 0. The molecule has 4 rings (SSSR count). The third kappa shape index (κ3) is 4.17. The number of anilines is 1. The van der Waals surface area contributed by atoms with Gasteiger partial charge in [-0.1, -0.05) is 19.1 Å². The van der Waals surface area contributed by atoms with Crippen molar-refractivity contribution < 1.29 is 9.18 Å². The molecule has 0 N–H and O–H groups in total. The summed E-state index contributed by atoms with van der Waals surface area (Å²) in [6.07, 6.45) is 2.44. The minimum atomic E-state index is -0.242. The van der Waals surface area contributed by atoms with Gasteiger partial charge >= 0.3 is 0 Å². The Bertz CT molecular complexity index is 803. The van der Waals surface area contributed by atoms with Crippen molar-refractivity contribution in [2.75, 3.05) is 44.2 Å². The molecule has 2 aliphatic rings. The summed E-state index contributed by atoms with van der Waals surface area (Å²) in [7, 11) is 0. The second-order valence-electron chi connectivity index (χ2n) is 7.41. The van der Waals surface area contributed by atoms with E-state index in [0.29, 0.717) is 6.42 Å². The zero-order valence-electron chi connectivity index (χ0n) is 16.2. The lowest BCUT2D eigenvalue weighted by Gasteiger charge is -2.36. The highest BCUT2D eigenvalue weighted by atomic mass is 32.1. The van der Waals surface area contributed by atoms with E-state index >= 15 is 0 Å². The van der Waals surface area contributed by atoms with E-state index in [4.69, 9.17) is 0 Å². The van der Waals surface area contributed by atoms with Crippen LogP contribution in [0.5, 0.6) is 0 Å². The minimum Gasteiger partial charge on any atom is -0.338 e. The number of aromatic nitrogens is 2. The molecule has 1 aromatic carbocycles. The SMILES string of the molecule is CCN1CCN(C(=O)[C@@H]2CCCN2c2nc(Cc3ccc(F)cc3)ns2)CC1. The summed E-state index contributed by atoms with van der Waals surface area (Å²) in [5.41, 5.74) is 0.980. The van der Waals surface area contributed by atoms with Gasteiger partial charge in [-0.3, -0.25) is 4.79 Å². The van der Waals surface area contributed by atoms with Gasteiger partial charge < -0.3 is 14.7 Å². The number of amides is 1. The second-order valence-corrected chi connectivity index (χ2v) is 8.14. The number of carbonyl (C=O) groups excluding carboxylic acids is 1. The van der Waals surface area contributed by atoms with Gasteiger partial charge in [0.05, 0.1) is 0 Å². The summed E-state index contributed by atoms with van der Waals surface area (Å²) in [6.45, 7) is 7.57. The monoisotopic (exact) mass is 403 g/mol. The zero-order valence-corrected chi connectivity index (χ0v) is 17.0. The molecule has 2 aliphatic heterocycles. The summed E-state index contributed by atoms with van der Waals surface area (Å²) in [6, 6.07) is 6.30. The number of carbonyl (C=O) groups is 1. The Hall–Kier alpha value is -2.06. The van der Waals surface area contributed by atoms with Crippen LogP contribution < -0.4 is 4.90 Å². The number of hydrogen-bond acceptors (Lipinski definition) is 6. The maximum atomic E-state index is 13.1. The summed E-state index contributed by atoms with van der Waals surface area (Å²) >= 11 is 1.35. The molecule has 0 aliphatic carbocycles. The number of nitrogens with zero attached hydrogens (tertiary/aromatic N) is 5. The van der Waals surface area contributed by atoms with Gasteiger partial charge in [0.1, 0.15) is 17.7 Å². The van der Waals surface area contributed by atoms with Gasteiger partial charge in [0.15, 0.2) is 0 Å². The molecule has 0 spiro atoms. The topological polar surface area (TPSA) is 52.6 Å². The third-order valence-electron chi connectivity index (χ3n) is 5.65. The molecule has 0 bridgehead atoms. The molecule has 0 unspecified atom stereocenters. The first-order chi connectivity index (χ1) is 13.6. The van der Waals surface area contributed by atoms with Gasteiger partial charge in [0, 0.05) is 50.7 Å². The molecule has 2 fully saturated rings. The van der Waals surface area contributed by atoms with Crippen molar-refractivity contribution in [1.29, 1.82) is 0 Å². The average molecular weight is 404 g/mol. The van der Waals surface area contributed by atoms with Gasteiger partial charge in [0.25, 0.3) is 0 Å². The lowest BCUT2D eigenvalue weighted by molar-refractivity contribution is -0.134. The van der Waals surface area contributed by atoms with Crippen molar-refractivity contribution in [2.24, 2.45) is 0 Å². The van der Waals surface area contributed by atoms with Crippen LogP contribution in [0.25, 0.3) is 0 Å². The highest BCUT2D eigenvalue weighted by Gasteiger charge is 2.36. The lowest BCUT2D eigenvalue weighted by Crippen LogP contribution is -2.53. The van der Waals surface area contributed by atoms with Crippen molar-refractivity contribution in [2.45, 2.75) is 32.2 Å². The average Bonchev–Trinajstić information content (AvgIpc) is 3.38. The molecular weight excluding hydrogens is 377 g/mol. The van der Waals surface area contributed by atoms with Crippen LogP contribution in [-0.4, -0.2) is 70.4 Å². The van der Waals surface area contributed by atoms with Crippen molar-refractivity contribution in [3.05, 3.63) is 41.5 Å². The van der Waals surface area contributed by atoms with Gasteiger partial charge in [-0.05, 0) is 37.1 Å². The molecule has 8 heteroatoms. The van der Waals surface area contributed by atoms with Crippen LogP contribution in [0.15, 0.2) is 24.3 Å². The Labute approximate surface area is 169 Å². The maximum absolute atomic E-state index is 13.1. The maximum Gasteiger partial charge on any atom is 0.245 e. The normalized spacial score (nSPS) is 20.7. The fourth-order valence-electron chi connectivity index (χ4n) is 3.97. The molecule has 2 saturated heterocycles. The van der Waals surface area contributed by atoms with Crippen molar-refractivity contribution in [1.82, 2.24) is 19.2 Å². The third-order valence-corrected chi connectivity index (χ3v) is 6.44. The molecule has 1 aromatic heterocycles. The smallest absolute Gasteiger partial charge is 0.245 e. The van der Waals surface area contributed by atoms with E-state index in [0.717, 1.165) is 68.6 Å². The van der Waals surface area contributed by atoms with Gasteiger partial charge in [-0.25, -0.2) is 9.37 Å². The Morgan fingerprint density at radius 2 is 1.93 bits per heavy atom. The molecule has 0 radical (unpaired) electrons. The van der Waals surface area contributed by atoms with Crippen LogP contribution in [0.1, 0.15) is 31.2 Å². The second kappa shape index (κ2) is 8.53. The quantitative estimate of drug-likeness (QED) is 0.767. The fourth-order valence-corrected chi connectivity index (χ4v) is 4.73. The van der Waals surface area contributed by atoms with E-state index < -0.39 is 0 Å². The van der Waals surface area contributed by atoms with Crippen LogP contribution in [-0.2, 0) is 11.2 Å². The van der Waals surface area contributed by atoms with Crippen LogP contribution >= 0.6 is 11.5 Å². The molecule has 1 atom stereocenters. The summed E-state index contributed by atoms with van der Waals surface area (Å²) in [5.74, 6) is 0.707. The molecule has 0 saturated carbocycles. The highest BCUT2D eigenvalue weighted by Crippen LogP contribution is 2.29.